The molecule has 0 saturated heterocycles. The number of hydrogen-bond acceptors (Lipinski definition) is 3. The summed E-state index contributed by atoms with van der Waals surface area (Å²) in [6.45, 7) is 0.0822. The molecule has 1 fully saturated rings. The fourth-order valence-electron chi connectivity index (χ4n) is 4.70. The summed E-state index contributed by atoms with van der Waals surface area (Å²) in [6.07, 6.45) is 1.95. The lowest BCUT2D eigenvalue weighted by atomic mass is 9.94. The van der Waals surface area contributed by atoms with Gasteiger partial charge in [0.15, 0.2) is 0 Å². The van der Waals surface area contributed by atoms with Crippen LogP contribution in [0.2, 0.25) is 0 Å². The van der Waals surface area contributed by atoms with Crippen molar-refractivity contribution in [3.8, 4) is 11.3 Å². The van der Waals surface area contributed by atoms with E-state index in [0.29, 0.717) is 27.7 Å². The molecule has 4 aromatic rings. The van der Waals surface area contributed by atoms with Gasteiger partial charge in [0.25, 0.3) is 5.91 Å². The molecule has 5 rings (SSSR count). The first-order valence-corrected chi connectivity index (χ1v) is 11.9. The van der Waals surface area contributed by atoms with Gasteiger partial charge in [0.1, 0.15) is 12.4 Å². The maximum atomic E-state index is 14.0. The number of hydroxylamine groups is 3. The summed E-state index contributed by atoms with van der Waals surface area (Å²) in [5, 5.41) is 16.8. The maximum absolute atomic E-state index is 14.0. The minimum Gasteiger partial charge on any atom is -0.633 e. The van der Waals surface area contributed by atoms with Gasteiger partial charge in [0.05, 0.1) is 36.9 Å². The first-order valence-electron chi connectivity index (χ1n) is 11.9. The van der Waals surface area contributed by atoms with Crippen LogP contribution in [0.15, 0.2) is 78.9 Å². The van der Waals surface area contributed by atoms with Crippen molar-refractivity contribution in [1.82, 2.24) is 10.3 Å². The van der Waals surface area contributed by atoms with Crippen LogP contribution in [0.25, 0.3) is 22.2 Å². The summed E-state index contributed by atoms with van der Waals surface area (Å²) in [5.41, 5.74) is 3.98. The van der Waals surface area contributed by atoms with E-state index >= 15 is 0 Å². The number of quaternary nitrogens is 1. The van der Waals surface area contributed by atoms with Crippen LogP contribution in [0.3, 0.4) is 0 Å². The highest BCUT2D eigenvalue weighted by atomic mass is 19.1. The lowest BCUT2D eigenvalue weighted by molar-refractivity contribution is -0.853. The number of halogens is 1. The zero-order valence-corrected chi connectivity index (χ0v) is 19.9. The van der Waals surface area contributed by atoms with Gasteiger partial charge < -0.3 is 15.2 Å². The molecular weight excluding hydrogens is 441 g/mol. The van der Waals surface area contributed by atoms with Crippen molar-refractivity contribution in [3.05, 3.63) is 107 Å². The second kappa shape index (κ2) is 9.21. The number of rotatable bonds is 7. The average molecular weight is 470 g/mol. The molecule has 1 aliphatic rings. The molecule has 0 bridgehead atoms. The molecule has 1 amide bonds. The van der Waals surface area contributed by atoms with E-state index < -0.39 is 4.65 Å². The summed E-state index contributed by atoms with van der Waals surface area (Å²) >= 11 is 0. The number of fused-ring (bicyclic) bond motifs is 1. The van der Waals surface area contributed by atoms with E-state index in [-0.39, 0.29) is 30.2 Å². The number of para-hydroxylation sites is 1. The zero-order valence-electron chi connectivity index (χ0n) is 19.9. The van der Waals surface area contributed by atoms with Gasteiger partial charge in [-0.1, -0.05) is 60.7 Å². The molecule has 0 radical (unpaired) electrons. The van der Waals surface area contributed by atoms with E-state index in [9.17, 15) is 14.4 Å². The van der Waals surface area contributed by atoms with Crippen LogP contribution in [0.1, 0.15) is 40.4 Å². The molecule has 1 heterocycles. The highest BCUT2D eigenvalue weighted by Crippen LogP contribution is 2.42. The van der Waals surface area contributed by atoms with Gasteiger partial charge >= 0.3 is 0 Å². The number of hydrogen-bond donors (Lipinski definition) is 1. The molecule has 1 aliphatic carbocycles. The van der Waals surface area contributed by atoms with E-state index in [1.54, 1.807) is 20.2 Å². The number of nitrogens with one attached hydrogen (secondary N) is 1. The Balaban J connectivity index is 1.67. The van der Waals surface area contributed by atoms with Crippen LogP contribution >= 0.6 is 0 Å². The van der Waals surface area contributed by atoms with Gasteiger partial charge in [0, 0.05) is 16.5 Å². The average Bonchev–Trinajstić information content (AvgIpc) is 3.67. The van der Waals surface area contributed by atoms with Crippen molar-refractivity contribution in [1.29, 1.82) is 0 Å². The predicted molar refractivity (Wildman–Crippen MR) is 136 cm³/mol. The summed E-state index contributed by atoms with van der Waals surface area (Å²) in [7, 11) is 3.12. The number of carbonyl (C=O) groups is 1. The number of aromatic nitrogens is 1. The second-order valence-electron chi connectivity index (χ2n) is 9.77. The zero-order chi connectivity index (χ0) is 24.6. The monoisotopic (exact) mass is 469 g/mol. The van der Waals surface area contributed by atoms with Gasteiger partial charge in [-0.3, -0.25) is 4.79 Å². The van der Waals surface area contributed by atoms with Crippen LogP contribution in [0, 0.1) is 16.9 Å². The minimum atomic E-state index is -0.601. The first kappa shape index (κ1) is 23.1. The Morgan fingerprint density at radius 2 is 1.77 bits per heavy atom. The first-order chi connectivity index (χ1) is 16.8. The van der Waals surface area contributed by atoms with E-state index in [1.165, 1.54) is 12.1 Å². The van der Waals surface area contributed by atoms with Crippen LogP contribution in [-0.2, 0) is 6.54 Å². The Morgan fingerprint density at radius 1 is 1.06 bits per heavy atom. The molecule has 6 heteroatoms. The second-order valence-corrected chi connectivity index (χ2v) is 9.77. The molecular formula is C29H28FN3O2. The van der Waals surface area contributed by atoms with Gasteiger partial charge in [0.2, 0.25) is 0 Å². The van der Waals surface area contributed by atoms with Crippen molar-refractivity contribution in [2.75, 3.05) is 14.1 Å². The molecule has 1 saturated carbocycles. The van der Waals surface area contributed by atoms with Gasteiger partial charge in [-0.25, -0.2) is 9.37 Å². The standard InChI is InChI=1S/C29H28FN3O2/c1-33(2,35)18-24-26(29(34)32-27(20-15-16-20)21-11-8-12-22(30)17-21)23-13-6-7-14-25(23)31-28(24)19-9-4-3-5-10-19/h3-14,17,20,27H,15-16,18H2,1-2H3,(H,32,34). The fourth-order valence-corrected chi connectivity index (χ4v) is 4.70. The molecule has 1 unspecified atom stereocenters. The third-order valence-electron chi connectivity index (χ3n) is 6.39. The highest BCUT2D eigenvalue weighted by molar-refractivity contribution is 6.09. The molecule has 0 aliphatic heterocycles. The van der Waals surface area contributed by atoms with Crippen molar-refractivity contribution < 1.29 is 13.8 Å². The molecule has 178 valence electrons. The lowest BCUT2D eigenvalue weighted by Gasteiger charge is -2.35. The normalized spacial score (nSPS) is 14.6. The van der Waals surface area contributed by atoms with Crippen molar-refractivity contribution in [3.63, 3.8) is 0 Å². The lowest BCUT2D eigenvalue weighted by Crippen LogP contribution is -2.35. The topological polar surface area (TPSA) is 65.0 Å². The number of benzene rings is 3. The van der Waals surface area contributed by atoms with Crippen LogP contribution in [0.4, 0.5) is 4.39 Å². The third kappa shape index (κ3) is 5.09. The van der Waals surface area contributed by atoms with Crippen molar-refractivity contribution in [2.45, 2.75) is 25.4 Å². The van der Waals surface area contributed by atoms with E-state index in [2.05, 4.69) is 5.32 Å². The quantitative estimate of drug-likeness (QED) is 0.267. The minimum absolute atomic E-state index is 0.0822. The SMILES string of the molecule is C[N+](C)([O-])Cc1c(-c2ccccc2)nc2ccccc2c1C(=O)NC(c1cccc(F)c1)C1CC1. The number of nitrogens with zero attached hydrogens (tertiary/aromatic N) is 2. The van der Waals surface area contributed by atoms with Gasteiger partial charge in [-0.05, 0) is 42.5 Å². The molecule has 0 spiro atoms. The van der Waals surface area contributed by atoms with Crippen LogP contribution < -0.4 is 5.32 Å². The van der Waals surface area contributed by atoms with Gasteiger partial charge in [-0.15, -0.1) is 0 Å². The Morgan fingerprint density at radius 3 is 2.46 bits per heavy atom. The van der Waals surface area contributed by atoms with Crippen LogP contribution in [0.5, 0.6) is 0 Å². The summed E-state index contributed by atoms with van der Waals surface area (Å²) in [6, 6.07) is 23.3. The van der Waals surface area contributed by atoms with Crippen molar-refractivity contribution in [2.24, 2.45) is 5.92 Å². The molecule has 1 atom stereocenters. The van der Waals surface area contributed by atoms with E-state index in [4.69, 9.17) is 4.98 Å². The molecule has 5 nitrogen and oxygen atoms in total. The number of carbonyl (C=O) groups excluding carboxylic acids is 1. The van der Waals surface area contributed by atoms with Crippen LogP contribution in [-0.4, -0.2) is 29.6 Å². The molecule has 35 heavy (non-hydrogen) atoms. The Hall–Kier alpha value is -3.61. The smallest absolute Gasteiger partial charge is 0.253 e. The fraction of sp³-hybridized carbons (Fsp3) is 0.241. The van der Waals surface area contributed by atoms with Crippen molar-refractivity contribution >= 4 is 16.8 Å². The summed E-state index contributed by atoms with van der Waals surface area (Å²) in [5.74, 6) is -0.336. The molecule has 1 aromatic heterocycles. The van der Waals surface area contributed by atoms with E-state index in [1.807, 2.05) is 60.7 Å². The third-order valence-corrected chi connectivity index (χ3v) is 6.39. The Bertz CT molecular complexity index is 1380. The predicted octanol–water partition coefficient (Wildman–Crippen LogP) is 6.00. The Labute approximate surface area is 204 Å². The maximum Gasteiger partial charge on any atom is 0.253 e. The molecule has 1 N–H and O–H groups in total. The summed E-state index contributed by atoms with van der Waals surface area (Å²) < 4.78 is 13.4. The number of pyridine rings is 1. The largest absolute Gasteiger partial charge is 0.633 e. The van der Waals surface area contributed by atoms with Gasteiger partial charge in [-0.2, -0.15) is 0 Å². The Kier molecular flexibility index (Phi) is 6.09. The highest BCUT2D eigenvalue weighted by Gasteiger charge is 2.35. The van der Waals surface area contributed by atoms with E-state index in [0.717, 1.165) is 24.0 Å². The summed E-state index contributed by atoms with van der Waals surface area (Å²) in [4.78, 5) is 18.9. The molecule has 3 aromatic carbocycles. The number of amides is 1.